The molecule has 2 heterocycles. The third-order valence-corrected chi connectivity index (χ3v) is 3.44. The van der Waals surface area contributed by atoms with Crippen molar-refractivity contribution in [2.75, 3.05) is 18.0 Å². The second kappa shape index (κ2) is 4.35. The van der Waals surface area contributed by atoms with Gasteiger partial charge in [-0.3, -0.25) is 0 Å². The van der Waals surface area contributed by atoms with Gasteiger partial charge in [-0.1, -0.05) is 13.3 Å². The minimum Gasteiger partial charge on any atom is -0.339 e. The molecule has 0 radical (unpaired) electrons. The Hall–Kier alpha value is -0.830. The number of anilines is 1. The van der Waals surface area contributed by atoms with Crippen LogP contribution in [0.15, 0.2) is 12.3 Å². The Labute approximate surface area is 95.5 Å². The monoisotopic (exact) mass is 225 g/mol. The van der Waals surface area contributed by atoms with Crippen molar-refractivity contribution in [1.82, 2.24) is 9.97 Å². The molecular formula is C11H16ClN3. The van der Waals surface area contributed by atoms with Gasteiger partial charge < -0.3 is 4.90 Å². The SMILES string of the molecule is CCC1CN(c2nccc(C)n2)CC1Cl. The molecule has 0 aliphatic carbocycles. The minimum atomic E-state index is 0.235. The van der Waals surface area contributed by atoms with Crippen LogP contribution in [-0.4, -0.2) is 28.4 Å². The van der Waals surface area contributed by atoms with Crippen molar-refractivity contribution in [3.05, 3.63) is 18.0 Å². The smallest absolute Gasteiger partial charge is 0.225 e. The van der Waals surface area contributed by atoms with Crippen LogP contribution in [0.5, 0.6) is 0 Å². The normalized spacial score (nSPS) is 25.9. The summed E-state index contributed by atoms with van der Waals surface area (Å²) in [7, 11) is 0. The maximum atomic E-state index is 6.27. The van der Waals surface area contributed by atoms with Gasteiger partial charge in [0, 0.05) is 25.0 Å². The van der Waals surface area contributed by atoms with Gasteiger partial charge in [-0.2, -0.15) is 0 Å². The van der Waals surface area contributed by atoms with E-state index in [2.05, 4.69) is 21.8 Å². The summed E-state index contributed by atoms with van der Waals surface area (Å²) in [6.45, 7) is 6.01. The quantitative estimate of drug-likeness (QED) is 0.723. The van der Waals surface area contributed by atoms with E-state index in [1.807, 2.05) is 13.0 Å². The Kier molecular flexibility index (Phi) is 3.10. The van der Waals surface area contributed by atoms with Gasteiger partial charge in [0.25, 0.3) is 0 Å². The topological polar surface area (TPSA) is 29.0 Å². The van der Waals surface area contributed by atoms with Gasteiger partial charge in [-0.25, -0.2) is 9.97 Å². The first-order valence-electron chi connectivity index (χ1n) is 5.39. The molecule has 3 nitrogen and oxygen atoms in total. The number of aryl methyl sites for hydroxylation is 1. The number of nitrogens with zero attached hydrogens (tertiary/aromatic N) is 3. The van der Waals surface area contributed by atoms with Crippen molar-refractivity contribution < 1.29 is 0 Å². The molecule has 2 unspecified atom stereocenters. The van der Waals surface area contributed by atoms with Gasteiger partial charge in [0.05, 0.1) is 5.38 Å². The fraction of sp³-hybridized carbons (Fsp3) is 0.636. The van der Waals surface area contributed by atoms with E-state index in [9.17, 15) is 0 Å². The molecule has 2 atom stereocenters. The second-order valence-corrected chi connectivity index (χ2v) is 4.65. The molecule has 4 heteroatoms. The van der Waals surface area contributed by atoms with Crippen LogP contribution in [0.25, 0.3) is 0 Å². The van der Waals surface area contributed by atoms with E-state index in [4.69, 9.17) is 11.6 Å². The van der Waals surface area contributed by atoms with Gasteiger partial charge in [0.15, 0.2) is 0 Å². The van der Waals surface area contributed by atoms with Crippen LogP contribution >= 0.6 is 11.6 Å². The van der Waals surface area contributed by atoms with Crippen LogP contribution in [-0.2, 0) is 0 Å². The fourth-order valence-corrected chi connectivity index (χ4v) is 2.39. The Bertz CT molecular complexity index is 342. The summed E-state index contributed by atoms with van der Waals surface area (Å²) in [6, 6.07) is 1.91. The van der Waals surface area contributed by atoms with Crippen molar-refractivity contribution in [2.24, 2.45) is 5.92 Å². The highest BCUT2D eigenvalue weighted by atomic mass is 35.5. The summed E-state index contributed by atoms with van der Waals surface area (Å²) in [4.78, 5) is 10.9. The zero-order chi connectivity index (χ0) is 10.8. The minimum absolute atomic E-state index is 0.235. The van der Waals surface area contributed by atoms with Crippen LogP contribution in [0.2, 0.25) is 0 Å². The molecule has 1 aromatic rings. The second-order valence-electron chi connectivity index (χ2n) is 4.09. The Morgan fingerprint density at radius 3 is 2.93 bits per heavy atom. The molecule has 0 spiro atoms. The molecule has 1 aromatic heterocycles. The van der Waals surface area contributed by atoms with Crippen LogP contribution in [0.1, 0.15) is 19.0 Å². The molecule has 0 aromatic carbocycles. The molecular weight excluding hydrogens is 210 g/mol. The lowest BCUT2D eigenvalue weighted by Gasteiger charge is -2.15. The highest BCUT2D eigenvalue weighted by molar-refractivity contribution is 6.21. The van der Waals surface area contributed by atoms with Crippen LogP contribution in [0, 0.1) is 12.8 Å². The number of hydrogen-bond acceptors (Lipinski definition) is 3. The van der Waals surface area contributed by atoms with E-state index >= 15 is 0 Å². The first-order chi connectivity index (χ1) is 7.20. The first kappa shape index (κ1) is 10.7. The van der Waals surface area contributed by atoms with E-state index in [-0.39, 0.29) is 5.38 Å². The number of aromatic nitrogens is 2. The zero-order valence-electron chi connectivity index (χ0n) is 9.15. The van der Waals surface area contributed by atoms with Gasteiger partial charge in [0.2, 0.25) is 5.95 Å². The third-order valence-electron chi connectivity index (χ3n) is 2.95. The predicted octanol–water partition coefficient (Wildman–Crippen LogP) is 2.24. The van der Waals surface area contributed by atoms with Crippen molar-refractivity contribution in [2.45, 2.75) is 25.6 Å². The van der Waals surface area contributed by atoms with Gasteiger partial charge in [0.1, 0.15) is 0 Å². The molecule has 1 aliphatic heterocycles. The van der Waals surface area contributed by atoms with E-state index < -0.39 is 0 Å². The van der Waals surface area contributed by atoms with Gasteiger partial charge in [-0.05, 0) is 18.9 Å². The summed E-state index contributed by atoms with van der Waals surface area (Å²) in [5.41, 5.74) is 1.01. The first-order valence-corrected chi connectivity index (χ1v) is 5.83. The molecule has 0 bridgehead atoms. The summed E-state index contributed by atoms with van der Waals surface area (Å²) in [5.74, 6) is 1.38. The lowest BCUT2D eigenvalue weighted by Crippen LogP contribution is -2.22. The molecule has 0 saturated carbocycles. The van der Waals surface area contributed by atoms with Crippen LogP contribution in [0.4, 0.5) is 5.95 Å². The Morgan fingerprint density at radius 1 is 1.53 bits per heavy atom. The standard InChI is InChI=1S/C11H16ClN3/c1-3-9-6-15(7-10(9)12)11-13-5-4-8(2)14-11/h4-5,9-10H,3,6-7H2,1-2H3. The van der Waals surface area contributed by atoms with Crippen LogP contribution in [0.3, 0.4) is 0 Å². The van der Waals surface area contributed by atoms with Crippen molar-refractivity contribution in [3.8, 4) is 0 Å². The molecule has 1 saturated heterocycles. The lowest BCUT2D eigenvalue weighted by molar-refractivity contribution is 0.574. The molecule has 82 valence electrons. The maximum Gasteiger partial charge on any atom is 0.225 e. The Morgan fingerprint density at radius 2 is 2.33 bits per heavy atom. The molecule has 2 rings (SSSR count). The summed E-state index contributed by atoms with van der Waals surface area (Å²) in [6.07, 6.45) is 2.93. The van der Waals surface area contributed by atoms with Gasteiger partial charge in [-0.15, -0.1) is 11.6 Å². The average molecular weight is 226 g/mol. The molecule has 0 N–H and O–H groups in total. The summed E-state index contributed by atoms with van der Waals surface area (Å²) >= 11 is 6.27. The number of alkyl halides is 1. The largest absolute Gasteiger partial charge is 0.339 e. The summed E-state index contributed by atoms with van der Waals surface area (Å²) < 4.78 is 0. The van der Waals surface area contributed by atoms with Crippen LogP contribution < -0.4 is 4.90 Å². The maximum absolute atomic E-state index is 6.27. The van der Waals surface area contributed by atoms with Crippen molar-refractivity contribution in [1.29, 1.82) is 0 Å². The number of rotatable bonds is 2. The fourth-order valence-electron chi connectivity index (χ4n) is 1.97. The summed E-state index contributed by atoms with van der Waals surface area (Å²) in [5, 5.41) is 0.235. The van der Waals surface area contributed by atoms with E-state index in [0.717, 1.165) is 31.2 Å². The molecule has 0 amide bonds. The van der Waals surface area contributed by atoms with Gasteiger partial charge >= 0.3 is 0 Å². The highest BCUT2D eigenvalue weighted by Gasteiger charge is 2.31. The van der Waals surface area contributed by atoms with E-state index in [1.54, 1.807) is 6.20 Å². The predicted molar refractivity (Wildman–Crippen MR) is 62.4 cm³/mol. The van der Waals surface area contributed by atoms with E-state index in [0.29, 0.717) is 5.92 Å². The molecule has 1 aliphatic rings. The zero-order valence-corrected chi connectivity index (χ0v) is 9.91. The number of hydrogen-bond donors (Lipinski definition) is 0. The average Bonchev–Trinajstić information content (AvgIpc) is 2.60. The number of halogens is 1. The van der Waals surface area contributed by atoms with E-state index in [1.165, 1.54) is 0 Å². The van der Waals surface area contributed by atoms with Crippen molar-refractivity contribution in [3.63, 3.8) is 0 Å². The third kappa shape index (κ3) is 2.23. The lowest BCUT2D eigenvalue weighted by atomic mass is 10.1. The molecule has 1 fully saturated rings. The van der Waals surface area contributed by atoms with Crippen molar-refractivity contribution >= 4 is 17.5 Å². The molecule has 15 heavy (non-hydrogen) atoms. The Balaban J connectivity index is 2.13. The highest BCUT2D eigenvalue weighted by Crippen LogP contribution is 2.27.